The van der Waals surface area contributed by atoms with E-state index in [1.807, 2.05) is 13.8 Å². The van der Waals surface area contributed by atoms with Crippen LogP contribution in [0.5, 0.6) is 0 Å². The van der Waals surface area contributed by atoms with Gasteiger partial charge >= 0.3 is 6.18 Å². The predicted octanol–water partition coefficient (Wildman–Crippen LogP) is 3.69. The molecule has 188 valence electrons. The normalized spacial score (nSPS) is 21.2. The second-order valence-electron chi connectivity index (χ2n) is 8.79. The molecule has 12 heteroatoms. The van der Waals surface area contributed by atoms with Crippen molar-refractivity contribution >= 4 is 28.7 Å². The summed E-state index contributed by atoms with van der Waals surface area (Å²) in [5, 5.41) is 7.18. The molecule has 35 heavy (non-hydrogen) atoms. The lowest BCUT2D eigenvalue weighted by atomic mass is 10.0. The summed E-state index contributed by atoms with van der Waals surface area (Å²) in [6.07, 6.45) is -3.48. The lowest BCUT2D eigenvalue weighted by Gasteiger charge is -2.38. The third-order valence-electron chi connectivity index (χ3n) is 6.65. The van der Waals surface area contributed by atoms with Gasteiger partial charge in [0.25, 0.3) is 0 Å². The smallest absolute Gasteiger partial charge is 0.379 e. The van der Waals surface area contributed by atoms with Gasteiger partial charge in [-0.15, -0.1) is 10.2 Å². The number of alkyl halides is 3. The zero-order chi connectivity index (χ0) is 25.5. The average Bonchev–Trinajstić information content (AvgIpc) is 3.23. The van der Waals surface area contributed by atoms with Gasteiger partial charge in [0.2, 0.25) is 5.91 Å². The van der Waals surface area contributed by atoms with E-state index in [9.17, 15) is 22.4 Å². The number of halogens is 4. The maximum absolute atomic E-state index is 13.3. The van der Waals surface area contributed by atoms with Crippen LogP contribution in [0.2, 0.25) is 0 Å². The molecule has 2 aliphatic rings. The van der Waals surface area contributed by atoms with Crippen molar-refractivity contribution in [2.24, 2.45) is 10.7 Å². The Balaban J connectivity index is 1.43. The Morgan fingerprint density at radius 1 is 1.11 bits per heavy atom. The molecule has 1 aromatic heterocycles. The number of aromatic nitrogens is 2. The SMILES string of the molecule is Cc1c(-c2ccc(F)cc2)nnc(N2CCC(N(C)C(=O)C3SC(N)=NC3C(F)(F)F)CC2)c1C. The number of thioether (sulfide) groups is 1. The summed E-state index contributed by atoms with van der Waals surface area (Å²) >= 11 is 0.669. The van der Waals surface area contributed by atoms with Gasteiger partial charge in [-0.3, -0.25) is 4.79 Å². The van der Waals surface area contributed by atoms with Crippen LogP contribution >= 0.6 is 11.8 Å². The Morgan fingerprint density at radius 3 is 2.34 bits per heavy atom. The first-order chi connectivity index (χ1) is 16.5. The molecule has 2 aliphatic heterocycles. The van der Waals surface area contributed by atoms with Gasteiger partial charge in [-0.2, -0.15) is 13.2 Å². The van der Waals surface area contributed by atoms with Crippen LogP contribution in [-0.2, 0) is 4.79 Å². The van der Waals surface area contributed by atoms with Crippen molar-refractivity contribution in [1.82, 2.24) is 15.1 Å². The number of piperidine rings is 1. The third kappa shape index (κ3) is 5.07. The number of hydrogen-bond donors (Lipinski definition) is 1. The van der Waals surface area contributed by atoms with Gasteiger partial charge in [0.15, 0.2) is 17.0 Å². The molecule has 1 aromatic carbocycles. The molecule has 0 saturated carbocycles. The number of nitrogens with two attached hydrogens (primary N) is 1. The first-order valence-corrected chi connectivity index (χ1v) is 12.0. The summed E-state index contributed by atoms with van der Waals surface area (Å²) in [5.41, 5.74) is 8.84. The molecule has 2 N–H and O–H groups in total. The van der Waals surface area contributed by atoms with Crippen LogP contribution in [0.3, 0.4) is 0 Å². The van der Waals surface area contributed by atoms with Gasteiger partial charge < -0.3 is 15.5 Å². The highest BCUT2D eigenvalue weighted by molar-refractivity contribution is 8.15. The minimum absolute atomic E-state index is 0.206. The fourth-order valence-corrected chi connectivity index (χ4v) is 5.53. The molecule has 2 aromatic rings. The zero-order valence-corrected chi connectivity index (χ0v) is 20.3. The predicted molar refractivity (Wildman–Crippen MR) is 128 cm³/mol. The topological polar surface area (TPSA) is 87.7 Å². The first kappa shape index (κ1) is 25.2. The Bertz CT molecular complexity index is 1130. The molecule has 1 fully saturated rings. The maximum Gasteiger partial charge on any atom is 0.412 e. The third-order valence-corrected chi connectivity index (χ3v) is 7.71. The van der Waals surface area contributed by atoms with Crippen LogP contribution < -0.4 is 10.6 Å². The van der Waals surface area contributed by atoms with Crippen molar-refractivity contribution in [3.05, 3.63) is 41.2 Å². The molecule has 2 unspecified atom stereocenters. The van der Waals surface area contributed by atoms with E-state index >= 15 is 0 Å². The van der Waals surface area contributed by atoms with Gasteiger partial charge in [0.05, 0.1) is 5.69 Å². The van der Waals surface area contributed by atoms with Crippen molar-refractivity contribution in [3.63, 3.8) is 0 Å². The van der Waals surface area contributed by atoms with E-state index in [0.29, 0.717) is 43.4 Å². The maximum atomic E-state index is 13.3. The number of amidine groups is 1. The summed E-state index contributed by atoms with van der Waals surface area (Å²) in [4.78, 5) is 19.8. The lowest BCUT2D eigenvalue weighted by Crippen LogP contribution is -2.51. The summed E-state index contributed by atoms with van der Waals surface area (Å²) < 4.78 is 53.3. The number of anilines is 1. The number of carbonyl (C=O) groups is 1. The average molecular weight is 511 g/mol. The largest absolute Gasteiger partial charge is 0.412 e. The fourth-order valence-electron chi connectivity index (χ4n) is 4.48. The number of aliphatic imine (C=N–C) groups is 1. The van der Waals surface area contributed by atoms with Gasteiger partial charge in [0.1, 0.15) is 11.1 Å². The van der Waals surface area contributed by atoms with Gasteiger partial charge in [-0.1, -0.05) is 11.8 Å². The monoisotopic (exact) mass is 510 g/mol. The van der Waals surface area contributed by atoms with E-state index in [1.54, 1.807) is 12.1 Å². The van der Waals surface area contributed by atoms with Crippen LogP contribution in [0, 0.1) is 19.7 Å². The van der Waals surface area contributed by atoms with Crippen molar-refractivity contribution in [2.75, 3.05) is 25.0 Å². The van der Waals surface area contributed by atoms with Crippen LogP contribution in [0.15, 0.2) is 29.3 Å². The molecule has 1 saturated heterocycles. The van der Waals surface area contributed by atoms with Crippen molar-refractivity contribution in [1.29, 1.82) is 0 Å². The van der Waals surface area contributed by atoms with Gasteiger partial charge in [-0.25, -0.2) is 9.38 Å². The first-order valence-electron chi connectivity index (χ1n) is 11.2. The van der Waals surface area contributed by atoms with Gasteiger partial charge in [0, 0.05) is 31.7 Å². The lowest BCUT2D eigenvalue weighted by molar-refractivity contribution is -0.156. The molecule has 0 spiro atoms. The molecule has 0 bridgehead atoms. The number of nitrogens with zero attached hydrogens (tertiary/aromatic N) is 5. The molecule has 7 nitrogen and oxygen atoms in total. The van der Waals surface area contributed by atoms with Crippen molar-refractivity contribution in [3.8, 4) is 11.3 Å². The van der Waals surface area contributed by atoms with Crippen LogP contribution in [0.4, 0.5) is 23.4 Å². The zero-order valence-electron chi connectivity index (χ0n) is 19.5. The molecule has 4 rings (SSSR count). The van der Waals surface area contributed by atoms with Crippen LogP contribution in [0.1, 0.15) is 24.0 Å². The molecule has 0 radical (unpaired) electrons. The van der Waals surface area contributed by atoms with E-state index < -0.39 is 23.4 Å². The van der Waals surface area contributed by atoms with E-state index in [0.717, 1.165) is 22.5 Å². The molecular weight excluding hydrogens is 484 g/mol. The quantitative estimate of drug-likeness (QED) is 0.632. The number of rotatable bonds is 4. The Kier molecular flexibility index (Phi) is 6.94. The number of carbonyl (C=O) groups excluding carboxylic acids is 1. The van der Waals surface area contributed by atoms with Crippen LogP contribution in [-0.4, -0.2) is 69.8 Å². The number of amides is 1. The molecule has 1 amide bonds. The van der Waals surface area contributed by atoms with E-state index in [-0.39, 0.29) is 17.0 Å². The van der Waals surface area contributed by atoms with Crippen LogP contribution in [0.25, 0.3) is 11.3 Å². The Morgan fingerprint density at radius 2 is 1.74 bits per heavy atom. The minimum atomic E-state index is -4.63. The van der Waals surface area contributed by atoms with E-state index in [1.165, 1.54) is 24.1 Å². The molecular formula is C23H26F4N6OS. The van der Waals surface area contributed by atoms with Crippen molar-refractivity contribution in [2.45, 2.75) is 50.2 Å². The van der Waals surface area contributed by atoms with E-state index in [4.69, 9.17) is 5.73 Å². The molecule has 3 heterocycles. The van der Waals surface area contributed by atoms with E-state index in [2.05, 4.69) is 20.1 Å². The minimum Gasteiger partial charge on any atom is -0.379 e. The second kappa shape index (κ2) is 9.63. The second-order valence-corrected chi connectivity index (χ2v) is 9.95. The van der Waals surface area contributed by atoms with Crippen molar-refractivity contribution < 1.29 is 22.4 Å². The summed E-state index contributed by atoms with van der Waals surface area (Å²) in [6, 6.07) is 3.75. The molecule has 2 atom stereocenters. The number of benzene rings is 1. The summed E-state index contributed by atoms with van der Waals surface area (Å²) in [6.45, 7) is 5.04. The summed E-state index contributed by atoms with van der Waals surface area (Å²) in [5.74, 6) is -0.212. The highest BCUT2D eigenvalue weighted by atomic mass is 32.2. The standard InChI is InChI=1S/C23H26F4N6OS/c1-12-13(2)20(31-30-17(12)14-4-6-15(24)7-5-14)33-10-8-16(9-11-33)32(3)21(34)18-19(23(25,26)27)29-22(28)35-18/h4-7,16,18-19H,8-11H2,1-3H3,(H2,28,29). The molecule has 0 aliphatic carbocycles. The Hall–Kier alpha value is -2.89. The highest BCUT2D eigenvalue weighted by Crippen LogP contribution is 2.38. The Labute approximate surface area is 204 Å². The fraction of sp³-hybridized carbons (Fsp3) is 0.478. The number of hydrogen-bond acceptors (Lipinski definition) is 7. The van der Waals surface area contributed by atoms with Gasteiger partial charge in [-0.05, 0) is 62.1 Å². The highest BCUT2D eigenvalue weighted by Gasteiger charge is 2.52. The summed E-state index contributed by atoms with van der Waals surface area (Å²) in [7, 11) is 1.54.